The van der Waals surface area contributed by atoms with Gasteiger partial charge in [0.15, 0.2) is 5.78 Å². The summed E-state index contributed by atoms with van der Waals surface area (Å²) < 4.78 is 2.21. The van der Waals surface area contributed by atoms with E-state index in [1.165, 1.54) is 6.92 Å². The molecule has 54 valence electrons. The molecular weight excluding hydrogens is 196 g/mol. The molecule has 1 aromatic rings. The number of carbonyl (C=O) groups is 1. The van der Waals surface area contributed by atoms with Crippen LogP contribution < -0.4 is 0 Å². The molecule has 0 amide bonds. The van der Waals surface area contributed by atoms with E-state index in [2.05, 4.69) is 21.0 Å². The quantitative estimate of drug-likeness (QED) is 0.646. The van der Waals surface area contributed by atoms with Crippen LogP contribution in [0.2, 0.25) is 0 Å². The summed E-state index contributed by atoms with van der Waals surface area (Å²) in [6.45, 7) is 1.52. The molecule has 0 bridgehead atoms. The van der Waals surface area contributed by atoms with Gasteiger partial charge in [-0.25, -0.2) is 0 Å². The molecule has 0 radical (unpaired) electrons. The Kier molecular flexibility index (Phi) is 1.89. The summed E-state index contributed by atoms with van der Waals surface area (Å²) in [6, 6.07) is 0. The van der Waals surface area contributed by atoms with Gasteiger partial charge >= 0.3 is 0 Å². The summed E-state index contributed by atoms with van der Waals surface area (Å²) in [5.74, 6) is 0.0278. The predicted molar refractivity (Wildman–Crippen MR) is 40.9 cm³/mol. The Hall–Kier alpha value is -0.640. The molecule has 1 heterocycles. The Morgan fingerprint density at radius 3 is 2.60 bits per heavy atom. The van der Waals surface area contributed by atoms with E-state index in [1.54, 1.807) is 17.9 Å². The van der Waals surface area contributed by atoms with Gasteiger partial charge in [-0.05, 0) is 22.9 Å². The number of hydrogen-bond donors (Lipinski definition) is 0. The van der Waals surface area contributed by atoms with E-state index in [0.717, 1.165) is 0 Å². The van der Waals surface area contributed by atoms with Gasteiger partial charge in [0.05, 0.1) is 5.56 Å². The lowest BCUT2D eigenvalue weighted by Crippen LogP contribution is -1.89. The monoisotopic (exact) mass is 202 g/mol. The van der Waals surface area contributed by atoms with Crippen molar-refractivity contribution in [1.82, 2.24) is 9.78 Å². The fourth-order valence-corrected chi connectivity index (χ4v) is 1.33. The number of hydrogen-bond acceptors (Lipinski definition) is 2. The molecule has 0 saturated heterocycles. The first-order valence-corrected chi connectivity index (χ1v) is 3.60. The standard InChI is InChI=1S/C6H7BrN2O/c1-4(10)5-3-9(2)8-6(5)7/h3H,1-2H3. The second-order valence-electron chi connectivity index (χ2n) is 2.06. The zero-order chi connectivity index (χ0) is 7.72. The number of carbonyl (C=O) groups excluding carboxylic acids is 1. The fraction of sp³-hybridized carbons (Fsp3) is 0.333. The highest BCUT2D eigenvalue weighted by Crippen LogP contribution is 2.13. The number of rotatable bonds is 1. The molecule has 0 spiro atoms. The molecular formula is C6H7BrN2O. The van der Waals surface area contributed by atoms with E-state index in [9.17, 15) is 4.79 Å². The van der Waals surface area contributed by atoms with Gasteiger partial charge in [0.2, 0.25) is 0 Å². The summed E-state index contributed by atoms with van der Waals surface area (Å²) in [5, 5.41) is 3.94. The fourth-order valence-electron chi connectivity index (χ4n) is 0.697. The maximum absolute atomic E-state index is 10.8. The van der Waals surface area contributed by atoms with Crippen molar-refractivity contribution in [3.05, 3.63) is 16.4 Å². The zero-order valence-corrected chi connectivity index (χ0v) is 7.34. The molecule has 0 aliphatic rings. The van der Waals surface area contributed by atoms with E-state index in [0.29, 0.717) is 10.2 Å². The van der Waals surface area contributed by atoms with Crippen LogP contribution in [0.3, 0.4) is 0 Å². The lowest BCUT2D eigenvalue weighted by Gasteiger charge is -1.83. The highest BCUT2D eigenvalue weighted by Gasteiger charge is 2.07. The third-order valence-electron chi connectivity index (χ3n) is 1.16. The van der Waals surface area contributed by atoms with E-state index in [4.69, 9.17) is 0 Å². The zero-order valence-electron chi connectivity index (χ0n) is 5.76. The first-order valence-electron chi connectivity index (χ1n) is 2.81. The molecule has 0 unspecified atom stereocenters. The molecule has 10 heavy (non-hydrogen) atoms. The minimum absolute atomic E-state index is 0.0278. The Morgan fingerprint density at radius 2 is 2.40 bits per heavy atom. The van der Waals surface area contributed by atoms with Crippen molar-refractivity contribution < 1.29 is 4.79 Å². The van der Waals surface area contributed by atoms with Gasteiger partial charge in [-0.2, -0.15) is 5.10 Å². The number of aryl methyl sites for hydroxylation is 1. The molecule has 1 rings (SSSR count). The number of aromatic nitrogens is 2. The topological polar surface area (TPSA) is 34.9 Å². The molecule has 0 atom stereocenters. The number of nitrogens with zero attached hydrogens (tertiary/aromatic N) is 2. The third-order valence-corrected chi connectivity index (χ3v) is 1.75. The largest absolute Gasteiger partial charge is 0.294 e. The molecule has 1 aromatic heterocycles. The Balaban J connectivity index is 3.15. The van der Waals surface area contributed by atoms with Gasteiger partial charge in [0.1, 0.15) is 4.60 Å². The van der Waals surface area contributed by atoms with Crippen LogP contribution in [0.1, 0.15) is 17.3 Å². The normalized spacial score (nSPS) is 9.90. The molecule has 0 N–H and O–H groups in total. The van der Waals surface area contributed by atoms with Crippen molar-refractivity contribution in [2.75, 3.05) is 0 Å². The van der Waals surface area contributed by atoms with Crippen molar-refractivity contribution in [3.8, 4) is 0 Å². The SMILES string of the molecule is CC(=O)c1cn(C)nc1Br. The van der Waals surface area contributed by atoms with Gasteiger partial charge < -0.3 is 0 Å². The first kappa shape index (κ1) is 7.47. The average molecular weight is 203 g/mol. The Bertz CT molecular complexity index is 267. The average Bonchev–Trinajstić information content (AvgIpc) is 2.10. The number of ketones is 1. The highest BCUT2D eigenvalue weighted by molar-refractivity contribution is 9.10. The van der Waals surface area contributed by atoms with E-state index in [1.807, 2.05) is 0 Å². The number of halogens is 1. The van der Waals surface area contributed by atoms with Gasteiger partial charge in [0.25, 0.3) is 0 Å². The van der Waals surface area contributed by atoms with Crippen LogP contribution in [-0.4, -0.2) is 15.6 Å². The van der Waals surface area contributed by atoms with Crippen molar-refractivity contribution in [2.45, 2.75) is 6.92 Å². The second kappa shape index (κ2) is 2.54. The lowest BCUT2D eigenvalue weighted by molar-refractivity contribution is 0.101. The maximum Gasteiger partial charge on any atom is 0.164 e. The van der Waals surface area contributed by atoms with Crippen LogP contribution in [0.4, 0.5) is 0 Å². The summed E-state index contributed by atoms with van der Waals surface area (Å²) in [6.07, 6.45) is 1.69. The van der Waals surface area contributed by atoms with E-state index in [-0.39, 0.29) is 5.78 Å². The third kappa shape index (κ3) is 1.26. The summed E-state index contributed by atoms with van der Waals surface area (Å²) in [4.78, 5) is 10.8. The molecule has 0 aromatic carbocycles. The lowest BCUT2D eigenvalue weighted by atomic mass is 10.3. The van der Waals surface area contributed by atoms with Gasteiger partial charge in [0, 0.05) is 13.2 Å². The molecule has 4 heteroatoms. The number of Topliss-reactive ketones (excluding diaryl/α,β-unsaturated/α-hetero) is 1. The van der Waals surface area contributed by atoms with Crippen molar-refractivity contribution in [2.24, 2.45) is 7.05 Å². The molecule has 3 nitrogen and oxygen atoms in total. The van der Waals surface area contributed by atoms with Crippen LogP contribution >= 0.6 is 15.9 Å². The predicted octanol–water partition coefficient (Wildman–Crippen LogP) is 1.39. The minimum atomic E-state index is 0.0278. The second-order valence-corrected chi connectivity index (χ2v) is 2.81. The summed E-state index contributed by atoms with van der Waals surface area (Å²) in [7, 11) is 1.78. The Morgan fingerprint density at radius 1 is 1.80 bits per heavy atom. The van der Waals surface area contributed by atoms with Crippen LogP contribution in [0.5, 0.6) is 0 Å². The maximum atomic E-state index is 10.8. The molecule has 0 aliphatic carbocycles. The van der Waals surface area contributed by atoms with Gasteiger partial charge in [-0.3, -0.25) is 9.48 Å². The molecule has 0 saturated carbocycles. The van der Waals surface area contributed by atoms with Gasteiger partial charge in [-0.1, -0.05) is 0 Å². The van der Waals surface area contributed by atoms with Crippen LogP contribution in [0.15, 0.2) is 10.8 Å². The van der Waals surface area contributed by atoms with Crippen LogP contribution in [0.25, 0.3) is 0 Å². The molecule has 0 fully saturated rings. The van der Waals surface area contributed by atoms with E-state index < -0.39 is 0 Å². The van der Waals surface area contributed by atoms with Crippen molar-refractivity contribution in [3.63, 3.8) is 0 Å². The summed E-state index contributed by atoms with van der Waals surface area (Å²) in [5.41, 5.74) is 0.627. The first-order chi connectivity index (χ1) is 4.61. The summed E-state index contributed by atoms with van der Waals surface area (Å²) >= 11 is 3.16. The van der Waals surface area contributed by atoms with Crippen molar-refractivity contribution in [1.29, 1.82) is 0 Å². The van der Waals surface area contributed by atoms with Crippen LogP contribution in [-0.2, 0) is 7.05 Å². The van der Waals surface area contributed by atoms with Crippen molar-refractivity contribution >= 4 is 21.7 Å². The Labute approximate surface area is 67.2 Å². The van der Waals surface area contributed by atoms with Crippen LogP contribution in [0, 0.1) is 0 Å². The van der Waals surface area contributed by atoms with Gasteiger partial charge in [-0.15, -0.1) is 0 Å². The smallest absolute Gasteiger partial charge is 0.164 e. The van der Waals surface area contributed by atoms with E-state index >= 15 is 0 Å². The highest BCUT2D eigenvalue weighted by atomic mass is 79.9. The minimum Gasteiger partial charge on any atom is -0.294 e. The molecule has 0 aliphatic heterocycles.